The average molecular weight is 326 g/mol. The van der Waals surface area contributed by atoms with Crippen molar-refractivity contribution in [2.75, 3.05) is 13.1 Å². The number of aromatic nitrogens is 1. The lowest BCUT2D eigenvalue weighted by Gasteiger charge is -2.31. The molecule has 1 saturated heterocycles. The van der Waals surface area contributed by atoms with E-state index in [0.29, 0.717) is 23.3 Å². The summed E-state index contributed by atoms with van der Waals surface area (Å²) in [7, 11) is 0. The number of nitrogens with zero attached hydrogens (tertiary/aromatic N) is 2. The standard InChI is InChI=1S/C13H16BrN3O2/c1-9(18)17-7-4-10(5-8-17)16-13(19)11-3-2-6-15-12(11)14/h2-3,6,10H,4-5,7-8H2,1H3,(H,16,19). The molecule has 0 aliphatic carbocycles. The summed E-state index contributed by atoms with van der Waals surface area (Å²) in [6.07, 6.45) is 3.22. The number of piperidine rings is 1. The van der Waals surface area contributed by atoms with Gasteiger partial charge in [-0.25, -0.2) is 4.98 Å². The monoisotopic (exact) mass is 325 g/mol. The van der Waals surface area contributed by atoms with Crippen LogP contribution in [0.5, 0.6) is 0 Å². The van der Waals surface area contributed by atoms with E-state index in [4.69, 9.17) is 0 Å². The SMILES string of the molecule is CC(=O)N1CCC(NC(=O)c2cccnc2Br)CC1. The molecule has 102 valence electrons. The molecule has 6 heteroatoms. The number of carbonyl (C=O) groups excluding carboxylic acids is 2. The van der Waals surface area contributed by atoms with Crippen molar-refractivity contribution in [2.45, 2.75) is 25.8 Å². The average Bonchev–Trinajstić information content (AvgIpc) is 2.39. The van der Waals surface area contributed by atoms with Crippen molar-refractivity contribution < 1.29 is 9.59 Å². The number of hydrogen-bond acceptors (Lipinski definition) is 3. The lowest BCUT2D eigenvalue weighted by molar-refractivity contribution is -0.129. The van der Waals surface area contributed by atoms with E-state index in [-0.39, 0.29) is 17.9 Å². The first kappa shape index (κ1) is 14.0. The smallest absolute Gasteiger partial charge is 0.254 e. The molecule has 0 unspecified atom stereocenters. The van der Waals surface area contributed by atoms with E-state index in [1.54, 1.807) is 25.3 Å². The Morgan fingerprint density at radius 2 is 2.11 bits per heavy atom. The van der Waals surface area contributed by atoms with Crippen molar-refractivity contribution >= 4 is 27.7 Å². The Kier molecular flexibility index (Phi) is 4.52. The maximum atomic E-state index is 12.1. The van der Waals surface area contributed by atoms with Crippen molar-refractivity contribution in [3.8, 4) is 0 Å². The Morgan fingerprint density at radius 3 is 2.68 bits per heavy atom. The van der Waals surface area contributed by atoms with Gasteiger partial charge in [0.25, 0.3) is 5.91 Å². The van der Waals surface area contributed by atoms with Gasteiger partial charge < -0.3 is 10.2 Å². The van der Waals surface area contributed by atoms with Gasteiger partial charge in [0.05, 0.1) is 5.56 Å². The van der Waals surface area contributed by atoms with Crippen molar-refractivity contribution in [3.63, 3.8) is 0 Å². The Morgan fingerprint density at radius 1 is 1.42 bits per heavy atom. The Balaban J connectivity index is 1.91. The number of pyridine rings is 1. The summed E-state index contributed by atoms with van der Waals surface area (Å²) in [5.41, 5.74) is 0.538. The van der Waals surface area contributed by atoms with Gasteiger partial charge in [-0.3, -0.25) is 9.59 Å². The minimum atomic E-state index is -0.124. The molecule has 5 nitrogen and oxygen atoms in total. The van der Waals surface area contributed by atoms with Crippen molar-refractivity contribution in [1.29, 1.82) is 0 Å². The van der Waals surface area contributed by atoms with Crippen LogP contribution in [0, 0.1) is 0 Å². The van der Waals surface area contributed by atoms with Crippen LogP contribution in [-0.4, -0.2) is 40.8 Å². The zero-order valence-electron chi connectivity index (χ0n) is 10.7. The number of rotatable bonds is 2. The molecular weight excluding hydrogens is 310 g/mol. The first-order valence-electron chi connectivity index (χ1n) is 6.25. The fourth-order valence-corrected chi connectivity index (χ4v) is 2.59. The molecule has 1 aliphatic heterocycles. The van der Waals surface area contributed by atoms with E-state index < -0.39 is 0 Å². The van der Waals surface area contributed by atoms with Gasteiger partial charge in [-0.05, 0) is 40.9 Å². The highest BCUT2D eigenvalue weighted by Crippen LogP contribution is 2.15. The summed E-state index contributed by atoms with van der Waals surface area (Å²) in [6, 6.07) is 3.59. The van der Waals surface area contributed by atoms with Crippen molar-refractivity contribution in [2.24, 2.45) is 0 Å². The fraction of sp³-hybridized carbons (Fsp3) is 0.462. The molecule has 0 spiro atoms. The molecule has 2 amide bonds. The molecule has 19 heavy (non-hydrogen) atoms. The van der Waals surface area contributed by atoms with E-state index in [1.165, 1.54) is 0 Å². The maximum Gasteiger partial charge on any atom is 0.254 e. The van der Waals surface area contributed by atoms with Gasteiger partial charge in [-0.1, -0.05) is 0 Å². The van der Waals surface area contributed by atoms with Crippen LogP contribution in [0.1, 0.15) is 30.1 Å². The lowest BCUT2D eigenvalue weighted by Crippen LogP contribution is -2.46. The van der Waals surface area contributed by atoms with Gasteiger partial charge in [0, 0.05) is 32.3 Å². The van der Waals surface area contributed by atoms with E-state index in [2.05, 4.69) is 26.2 Å². The molecule has 0 radical (unpaired) electrons. The maximum absolute atomic E-state index is 12.1. The first-order valence-corrected chi connectivity index (χ1v) is 7.04. The molecule has 0 aromatic carbocycles. The molecule has 1 aliphatic rings. The molecule has 1 N–H and O–H groups in total. The van der Waals surface area contributed by atoms with E-state index in [0.717, 1.165) is 12.8 Å². The molecule has 1 fully saturated rings. The van der Waals surface area contributed by atoms with Crippen molar-refractivity contribution in [1.82, 2.24) is 15.2 Å². The summed E-state index contributed by atoms with van der Waals surface area (Å²) in [4.78, 5) is 29.1. The second-order valence-corrected chi connectivity index (χ2v) is 5.35. The summed E-state index contributed by atoms with van der Waals surface area (Å²) in [5.74, 6) is -0.0268. The lowest BCUT2D eigenvalue weighted by atomic mass is 10.0. The highest BCUT2D eigenvalue weighted by molar-refractivity contribution is 9.10. The second-order valence-electron chi connectivity index (χ2n) is 4.60. The largest absolute Gasteiger partial charge is 0.349 e. The van der Waals surface area contributed by atoms with Crippen LogP contribution < -0.4 is 5.32 Å². The fourth-order valence-electron chi connectivity index (χ4n) is 2.16. The Hall–Kier alpha value is -1.43. The van der Waals surface area contributed by atoms with Gasteiger partial charge >= 0.3 is 0 Å². The third-order valence-corrected chi connectivity index (χ3v) is 3.91. The molecule has 0 atom stereocenters. The van der Waals surface area contributed by atoms with Crippen LogP contribution in [0.15, 0.2) is 22.9 Å². The number of amides is 2. The minimum absolute atomic E-state index is 0.0970. The zero-order chi connectivity index (χ0) is 13.8. The molecule has 1 aromatic heterocycles. The number of likely N-dealkylation sites (tertiary alicyclic amines) is 1. The van der Waals surface area contributed by atoms with Crippen molar-refractivity contribution in [3.05, 3.63) is 28.5 Å². The van der Waals surface area contributed by atoms with E-state index in [1.807, 2.05) is 4.90 Å². The number of hydrogen-bond donors (Lipinski definition) is 1. The molecule has 2 heterocycles. The topological polar surface area (TPSA) is 62.3 Å². The van der Waals surface area contributed by atoms with E-state index >= 15 is 0 Å². The predicted molar refractivity (Wildman–Crippen MR) is 74.7 cm³/mol. The second kappa shape index (κ2) is 6.14. The van der Waals surface area contributed by atoms with Crippen LogP contribution in [0.4, 0.5) is 0 Å². The van der Waals surface area contributed by atoms with Crippen LogP contribution in [0.3, 0.4) is 0 Å². The summed E-state index contributed by atoms with van der Waals surface area (Å²) in [5, 5.41) is 2.99. The van der Waals surface area contributed by atoms with E-state index in [9.17, 15) is 9.59 Å². The van der Waals surface area contributed by atoms with Gasteiger partial charge in [0.15, 0.2) is 0 Å². The summed E-state index contributed by atoms with van der Waals surface area (Å²) < 4.78 is 0.550. The zero-order valence-corrected chi connectivity index (χ0v) is 12.3. The molecule has 0 bridgehead atoms. The van der Waals surface area contributed by atoms with Crippen LogP contribution in [0.2, 0.25) is 0 Å². The predicted octanol–water partition coefficient (Wildman–Crippen LogP) is 1.58. The summed E-state index contributed by atoms with van der Waals surface area (Å²) in [6.45, 7) is 2.98. The van der Waals surface area contributed by atoms with Crippen LogP contribution >= 0.6 is 15.9 Å². The molecule has 0 saturated carbocycles. The normalized spacial score (nSPS) is 16.2. The van der Waals surface area contributed by atoms with Crippen LogP contribution in [0.25, 0.3) is 0 Å². The van der Waals surface area contributed by atoms with Crippen LogP contribution in [-0.2, 0) is 4.79 Å². The molecule has 2 rings (SSSR count). The highest BCUT2D eigenvalue weighted by Gasteiger charge is 2.22. The minimum Gasteiger partial charge on any atom is -0.349 e. The van der Waals surface area contributed by atoms with Gasteiger partial charge in [-0.2, -0.15) is 0 Å². The molecular formula is C13H16BrN3O2. The number of carbonyl (C=O) groups is 2. The van der Waals surface area contributed by atoms with Gasteiger partial charge in [0.2, 0.25) is 5.91 Å². The van der Waals surface area contributed by atoms with Gasteiger partial charge in [0.1, 0.15) is 4.60 Å². The third kappa shape index (κ3) is 3.53. The Labute approximate surface area is 120 Å². The number of nitrogens with one attached hydrogen (secondary N) is 1. The quantitative estimate of drug-likeness (QED) is 0.840. The Bertz CT molecular complexity index is 485. The highest BCUT2D eigenvalue weighted by atomic mass is 79.9. The van der Waals surface area contributed by atoms with Gasteiger partial charge in [-0.15, -0.1) is 0 Å². The molecule has 1 aromatic rings. The summed E-state index contributed by atoms with van der Waals surface area (Å²) >= 11 is 3.27. The third-order valence-electron chi connectivity index (χ3n) is 3.28. The first-order chi connectivity index (χ1) is 9.08. The number of halogens is 1.